The second-order valence-electron chi connectivity index (χ2n) is 8.08. The molecule has 0 N–H and O–H groups in total. The predicted molar refractivity (Wildman–Crippen MR) is 104 cm³/mol. The third-order valence-electron chi connectivity index (χ3n) is 6.32. The monoisotopic (exact) mass is 370 g/mol. The van der Waals surface area contributed by atoms with Crippen LogP contribution in [-0.4, -0.2) is 60.5 Å². The highest BCUT2D eigenvalue weighted by Gasteiger charge is 2.31. The quantitative estimate of drug-likeness (QED) is 0.821. The van der Waals surface area contributed by atoms with Crippen LogP contribution in [-0.2, 0) is 9.53 Å². The molecule has 0 spiro atoms. The van der Waals surface area contributed by atoms with Gasteiger partial charge in [0.1, 0.15) is 6.10 Å². The van der Waals surface area contributed by atoms with Crippen molar-refractivity contribution in [3.8, 4) is 0 Å². The lowest BCUT2D eigenvalue weighted by Gasteiger charge is -2.35. The normalized spacial score (nSPS) is 24.2. The number of hydrogen-bond acceptors (Lipinski definition) is 3. The van der Waals surface area contributed by atoms with Gasteiger partial charge in [0.15, 0.2) is 0 Å². The number of amides is 2. The van der Waals surface area contributed by atoms with Gasteiger partial charge in [-0.15, -0.1) is 0 Å². The molecule has 4 rings (SSSR count). The summed E-state index contributed by atoms with van der Waals surface area (Å²) in [7, 11) is 0. The number of ether oxygens (including phenoxy) is 1. The largest absolute Gasteiger partial charge is 0.368 e. The van der Waals surface area contributed by atoms with Gasteiger partial charge < -0.3 is 14.5 Å². The van der Waals surface area contributed by atoms with Crippen LogP contribution in [0.15, 0.2) is 24.3 Å². The third-order valence-corrected chi connectivity index (χ3v) is 6.32. The van der Waals surface area contributed by atoms with Crippen LogP contribution in [0.5, 0.6) is 0 Å². The average molecular weight is 370 g/mol. The van der Waals surface area contributed by atoms with Crippen molar-refractivity contribution in [2.45, 2.75) is 57.0 Å². The summed E-state index contributed by atoms with van der Waals surface area (Å²) >= 11 is 0. The van der Waals surface area contributed by atoms with Crippen LogP contribution in [0.4, 0.5) is 0 Å². The number of rotatable bonds is 3. The molecular formula is C22H30N2O3. The van der Waals surface area contributed by atoms with E-state index in [1.807, 2.05) is 21.9 Å². The number of benzene rings is 1. The maximum atomic E-state index is 12.8. The van der Waals surface area contributed by atoms with Gasteiger partial charge in [0.25, 0.3) is 11.8 Å². The summed E-state index contributed by atoms with van der Waals surface area (Å²) < 4.78 is 5.50. The fraction of sp³-hybridized carbons (Fsp3) is 0.636. The van der Waals surface area contributed by atoms with Crippen molar-refractivity contribution in [3.63, 3.8) is 0 Å². The molecule has 1 atom stereocenters. The molecule has 5 nitrogen and oxygen atoms in total. The molecule has 0 bridgehead atoms. The van der Waals surface area contributed by atoms with Crippen molar-refractivity contribution in [2.75, 3.05) is 32.8 Å². The zero-order chi connectivity index (χ0) is 18.6. The Morgan fingerprint density at radius 2 is 1.48 bits per heavy atom. The molecule has 2 heterocycles. The average Bonchev–Trinajstić information content (AvgIpc) is 3.28. The Morgan fingerprint density at radius 1 is 0.815 bits per heavy atom. The Morgan fingerprint density at radius 3 is 2.11 bits per heavy atom. The fourth-order valence-electron chi connectivity index (χ4n) is 4.62. The second-order valence-corrected chi connectivity index (χ2v) is 8.08. The van der Waals surface area contributed by atoms with Crippen molar-refractivity contribution in [2.24, 2.45) is 0 Å². The molecule has 1 saturated carbocycles. The number of piperazine rings is 1. The number of hydrogen-bond donors (Lipinski definition) is 0. The summed E-state index contributed by atoms with van der Waals surface area (Å²) in [5, 5.41) is 0. The maximum absolute atomic E-state index is 12.8. The predicted octanol–water partition coefficient (Wildman–Crippen LogP) is 3.20. The lowest BCUT2D eigenvalue weighted by atomic mass is 9.84. The van der Waals surface area contributed by atoms with Crippen LogP contribution in [0.1, 0.15) is 66.8 Å². The minimum absolute atomic E-state index is 0.0782. The molecule has 1 aromatic carbocycles. The van der Waals surface area contributed by atoms with Crippen molar-refractivity contribution < 1.29 is 14.3 Å². The molecule has 2 aliphatic heterocycles. The van der Waals surface area contributed by atoms with Gasteiger partial charge in [-0.2, -0.15) is 0 Å². The summed E-state index contributed by atoms with van der Waals surface area (Å²) in [5.74, 6) is 0.834. The summed E-state index contributed by atoms with van der Waals surface area (Å²) in [6, 6.07) is 8.24. The number of carbonyl (C=O) groups is 2. The van der Waals surface area contributed by atoms with Crippen molar-refractivity contribution >= 4 is 11.8 Å². The van der Waals surface area contributed by atoms with Gasteiger partial charge >= 0.3 is 0 Å². The Labute approximate surface area is 161 Å². The molecule has 3 aliphatic rings. The molecule has 27 heavy (non-hydrogen) atoms. The van der Waals surface area contributed by atoms with Crippen LogP contribution in [0.25, 0.3) is 0 Å². The highest BCUT2D eigenvalue weighted by atomic mass is 16.5. The van der Waals surface area contributed by atoms with Crippen LogP contribution in [0.3, 0.4) is 0 Å². The van der Waals surface area contributed by atoms with Crippen molar-refractivity contribution in [1.82, 2.24) is 9.80 Å². The van der Waals surface area contributed by atoms with Gasteiger partial charge in [-0.25, -0.2) is 0 Å². The van der Waals surface area contributed by atoms with Gasteiger partial charge in [0.05, 0.1) is 0 Å². The fourth-order valence-corrected chi connectivity index (χ4v) is 4.62. The van der Waals surface area contributed by atoms with Gasteiger partial charge in [-0.05, 0) is 49.3 Å². The number of carbonyl (C=O) groups excluding carboxylic acids is 2. The van der Waals surface area contributed by atoms with E-state index in [2.05, 4.69) is 12.1 Å². The van der Waals surface area contributed by atoms with E-state index in [1.165, 1.54) is 37.7 Å². The maximum Gasteiger partial charge on any atom is 0.253 e. The minimum Gasteiger partial charge on any atom is -0.368 e. The first-order chi connectivity index (χ1) is 13.2. The molecule has 3 fully saturated rings. The molecule has 146 valence electrons. The second kappa shape index (κ2) is 8.42. The lowest BCUT2D eigenvalue weighted by Crippen LogP contribution is -2.52. The Bertz CT molecular complexity index is 653. The van der Waals surface area contributed by atoms with E-state index in [0.29, 0.717) is 38.7 Å². The van der Waals surface area contributed by atoms with Crippen LogP contribution >= 0.6 is 0 Å². The van der Waals surface area contributed by atoms with Crippen LogP contribution in [0, 0.1) is 0 Å². The highest BCUT2D eigenvalue weighted by Crippen LogP contribution is 2.32. The van der Waals surface area contributed by atoms with E-state index in [1.54, 1.807) is 0 Å². The SMILES string of the molecule is O=C(c1ccc(C2CCCCC2)cc1)N1CCN(C(=O)[C@@H]2CCCO2)CC1. The summed E-state index contributed by atoms with van der Waals surface area (Å²) in [5.41, 5.74) is 2.13. The Balaban J connectivity index is 1.31. The zero-order valence-corrected chi connectivity index (χ0v) is 16.1. The van der Waals surface area contributed by atoms with Crippen LogP contribution < -0.4 is 0 Å². The Kier molecular flexibility index (Phi) is 5.77. The van der Waals surface area contributed by atoms with Gasteiger partial charge in [-0.1, -0.05) is 31.4 Å². The minimum atomic E-state index is -0.264. The zero-order valence-electron chi connectivity index (χ0n) is 16.1. The van der Waals surface area contributed by atoms with Gasteiger partial charge in [0, 0.05) is 38.3 Å². The first-order valence-corrected chi connectivity index (χ1v) is 10.5. The lowest BCUT2D eigenvalue weighted by molar-refractivity contribution is -0.142. The molecule has 1 aromatic rings. The molecule has 0 unspecified atom stereocenters. The summed E-state index contributed by atoms with van der Waals surface area (Å²) in [6.07, 6.45) is 8.06. The standard InChI is InChI=1S/C22H30N2O3/c25-21(19-10-8-18(9-11-19)17-5-2-1-3-6-17)23-12-14-24(15-13-23)22(26)20-7-4-16-27-20/h8-11,17,20H,1-7,12-16H2/t20-/m0/s1. The van der Waals surface area contributed by atoms with E-state index < -0.39 is 0 Å². The first-order valence-electron chi connectivity index (χ1n) is 10.5. The van der Waals surface area contributed by atoms with E-state index in [4.69, 9.17) is 4.74 Å². The van der Waals surface area contributed by atoms with E-state index in [0.717, 1.165) is 18.4 Å². The molecule has 0 aromatic heterocycles. The molecule has 5 heteroatoms. The third kappa shape index (κ3) is 4.18. The van der Waals surface area contributed by atoms with E-state index >= 15 is 0 Å². The first kappa shape index (κ1) is 18.5. The van der Waals surface area contributed by atoms with E-state index in [9.17, 15) is 9.59 Å². The Hall–Kier alpha value is -1.88. The summed E-state index contributed by atoms with van der Waals surface area (Å²) in [4.78, 5) is 29.0. The van der Waals surface area contributed by atoms with Crippen LogP contribution in [0.2, 0.25) is 0 Å². The highest BCUT2D eigenvalue weighted by molar-refractivity contribution is 5.94. The van der Waals surface area contributed by atoms with E-state index in [-0.39, 0.29) is 17.9 Å². The molecule has 1 aliphatic carbocycles. The van der Waals surface area contributed by atoms with Gasteiger partial charge in [-0.3, -0.25) is 9.59 Å². The summed E-state index contributed by atoms with van der Waals surface area (Å²) in [6.45, 7) is 3.09. The van der Waals surface area contributed by atoms with Crippen molar-refractivity contribution in [1.29, 1.82) is 0 Å². The molecule has 0 radical (unpaired) electrons. The molecular weight excluding hydrogens is 340 g/mol. The molecule has 2 amide bonds. The number of nitrogens with zero attached hydrogens (tertiary/aromatic N) is 2. The van der Waals surface area contributed by atoms with Crippen molar-refractivity contribution in [3.05, 3.63) is 35.4 Å². The topological polar surface area (TPSA) is 49.9 Å². The van der Waals surface area contributed by atoms with Gasteiger partial charge in [0.2, 0.25) is 0 Å². The molecule has 2 saturated heterocycles. The smallest absolute Gasteiger partial charge is 0.253 e.